The fraction of sp³-hybridized carbons (Fsp3) is 0.400. The summed E-state index contributed by atoms with van der Waals surface area (Å²) in [6.45, 7) is 8.64. The van der Waals surface area contributed by atoms with Gasteiger partial charge < -0.3 is 9.47 Å². The molecule has 1 saturated heterocycles. The second-order valence-electron chi connectivity index (χ2n) is 9.96. The molecular formula is C30H38N2O4S. The summed E-state index contributed by atoms with van der Waals surface area (Å²) in [4.78, 5) is 2.83. The standard InChI is InChI=1S/C30H38N2O4S/c1-22-17-23(2)30(24(3)18-22)37(33,34)32(21-26-11-12-28(35-4)29(19-26)36-5)27-13-15-31(16-14-27)20-25-9-7-6-8-10-25/h6-12,17-19,27H,13-16,20-21H2,1-5H3. The van der Waals surface area contributed by atoms with Crippen LogP contribution in [0.25, 0.3) is 0 Å². The molecule has 7 heteroatoms. The van der Waals surface area contributed by atoms with E-state index in [2.05, 4.69) is 29.2 Å². The summed E-state index contributed by atoms with van der Waals surface area (Å²) in [6, 6.07) is 19.9. The first-order chi connectivity index (χ1) is 17.7. The van der Waals surface area contributed by atoms with E-state index >= 15 is 0 Å². The highest BCUT2D eigenvalue weighted by Crippen LogP contribution is 2.33. The van der Waals surface area contributed by atoms with E-state index < -0.39 is 10.0 Å². The van der Waals surface area contributed by atoms with Gasteiger partial charge in [0.1, 0.15) is 0 Å². The van der Waals surface area contributed by atoms with Crippen LogP contribution in [0.1, 0.15) is 40.7 Å². The largest absolute Gasteiger partial charge is 0.493 e. The number of likely N-dealkylation sites (tertiary alicyclic amines) is 1. The van der Waals surface area contributed by atoms with Crippen LogP contribution in [0.2, 0.25) is 0 Å². The van der Waals surface area contributed by atoms with Gasteiger partial charge in [-0.25, -0.2) is 8.42 Å². The van der Waals surface area contributed by atoms with Crippen LogP contribution in [0.15, 0.2) is 65.6 Å². The Morgan fingerprint density at radius 2 is 1.46 bits per heavy atom. The lowest BCUT2D eigenvalue weighted by Gasteiger charge is -2.38. The van der Waals surface area contributed by atoms with Crippen molar-refractivity contribution in [1.82, 2.24) is 9.21 Å². The van der Waals surface area contributed by atoms with Crippen molar-refractivity contribution in [3.05, 3.63) is 88.5 Å². The van der Waals surface area contributed by atoms with Crippen LogP contribution >= 0.6 is 0 Å². The van der Waals surface area contributed by atoms with Crippen molar-refractivity contribution in [2.75, 3.05) is 27.3 Å². The number of sulfonamides is 1. The Bertz CT molecular complexity index is 1290. The molecule has 1 aliphatic rings. The van der Waals surface area contributed by atoms with Crippen LogP contribution in [0.3, 0.4) is 0 Å². The van der Waals surface area contributed by atoms with E-state index in [-0.39, 0.29) is 12.6 Å². The van der Waals surface area contributed by atoms with E-state index in [0.717, 1.165) is 54.7 Å². The number of piperidine rings is 1. The molecule has 0 unspecified atom stereocenters. The Hall–Kier alpha value is -2.87. The molecule has 3 aromatic carbocycles. The number of rotatable bonds is 9. The van der Waals surface area contributed by atoms with Crippen molar-refractivity contribution < 1.29 is 17.9 Å². The van der Waals surface area contributed by atoms with Gasteiger partial charge in [-0.3, -0.25) is 4.90 Å². The van der Waals surface area contributed by atoms with Gasteiger partial charge >= 0.3 is 0 Å². The Morgan fingerprint density at radius 1 is 0.838 bits per heavy atom. The zero-order valence-corrected chi connectivity index (χ0v) is 23.3. The second-order valence-corrected chi connectivity index (χ2v) is 11.8. The highest BCUT2D eigenvalue weighted by molar-refractivity contribution is 7.89. The lowest BCUT2D eigenvalue weighted by atomic mass is 10.0. The van der Waals surface area contributed by atoms with Gasteiger partial charge in [-0.15, -0.1) is 0 Å². The van der Waals surface area contributed by atoms with Crippen molar-refractivity contribution in [1.29, 1.82) is 0 Å². The second kappa shape index (κ2) is 11.7. The molecule has 0 radical (unpaired) electrons. The first kappa shape index (κ1) is 27.2. The van der Waals surface area contributed by atoms with Gasteiger partial charge in [-0.1, -0.05) is 54.1 Å². The van der Waals surface area contributed by atoms with Crippen LogP contribution in [0.5, 0.6) is 11.5 Å². The third-order valence-electron chi connectivity index (χ3n) is 7.17. The Balaban J connectivity index is 1.64. The van der Waals surface area contributed by atoms with Crippen LogP contribution in [-0.2, 0) is 23.1 Å². The Kier molecular flexibility index (Phi) is 8.57. The minimum Gasteiger partial charge on any atom is -0.493 e. The molecule has 0 aliphatic carbocycles. The molecular weight excluding hydrogens is 484 g/mol. The molecule has 198 valence electrons. The molecule has 1 fully saturated rings. The first-order valence-corrected chi connectivity index (χ1v) is 14.2. The lowest BCUT2D eigenvalue weighted by Crippen LogP contribution is -2.47. The van der Waals surface area contributed by atoms with Crippen molar-refractivity contribution in [2.24, 2.45) is 0 Å². The molecule has 4 rings (SSSR count). The smallest absolute Gasteiger partial charge is 0.244 e. The molecule has 0 saturated carbocycles. The maximum Gasteiger partial charge on any atom is 0.244 e. The van der Waals surface area contributed by atoms with Crippen molar-refractivity contribution in [2.45, 2.75) is 57.6 Å². The van der Waals surface area contributed by atoms with Gasteiger partial charge in [0.15, 0.2) is 11.5 Å². The number of ether oxygens (including phenoxy) is 2. The van der Waals surface area contributed by atoms with E-state index in [1.54, 1.807) is 18.5 Å². The van der Waals surface area contributed by atoms with E-state index in [9.17, 15) is 8.42 Å². The van der Waals surface area contributed by atoms with E-state index in [1.165, 1.54) is 5.56 Å². The Labute approximate surface area is 221 Å². The third kappa shape index (κ3) is 6.17. The summed E-state index contributed by atoms with van der Waals surface area (Å²) >= 11 is 0. The topological polar surface area (TPSA) is 59.1 Å². The zero-order valence-electron chi connectivity index (χ0n) is 22.5. The summed E-state index contributed by atoms with van der Waals surface area (Å²) in [5.74, 6) is 1.22. The minimum atomic E-state index is -3.75. The number of nitrogens with zero attached hydrogens (tertiary/aromatic N) is 2. The lowest BCUT2D eigenvalue weighted by molar-refractivity contribution is 0.150. The van der Waals surface area contributed by atoms with Crippen LogP contribution in [-0.4, -0.2) is 51.0 Å². The molecule has 0 amide bonds. The normalized spacial score (nSPS) is 15.2. The summed E-state index contributed by atoms with van der Waals surface area (Å²) in [5, 5.41) is 0. The molecule has 3 aromatic rings. The highest BCUT2D eigenvalue weighted by atomic mass is 32.2. The molecule has 0 atom stereocenters. The number of methoxy groups -OCH3 is 2. The summed E-state index contributed by atoms with van der Waals surface area (Å²) < 4.78 is 41.2. The number of hydrogen-bond acceptors (Lipinski definition) is 5. The molecule has 37 heavy (non-hydrogen) atoms. The first-order valence-electron chi connectivity index (χ1n) is 12.8. The third-order valence-corrected chi connectivity index (χ3v) is 9.38. The quantitative estimate of drug-likeness (QED) is 0.372. The fourth-order valence-corrected chi connectivity index (χ4v) is 7.56. The van der Waals surface area contributed by atoms with Crippen LogP contribution in [0.4, 0.5) is 0 Å². The maximum atomic E-state index is 14.3. The van der Waals surface area contributed by atoms with Crippen molar-refractivity contribution >= 4 is 10.0 Å². The van der Waals surface area contributed by atoms with E-state index in [1.807, 2.05) is 57.2 Å². The molecule has 0 aromatic heterocycles. The van der Waals surface area contributed by atoms with Crippen molar-refractivity contribution in [3.63, 3.8) is 0 Å². The van der Waals surface area contributed by atoms with Gasteiger partial charge in [-0.2, -0.15) is 4.31 Å². The predicted molar refractivity (Wildman–Crippen MR) is 148 cm³/mol. The molecule has 1 heterocycles. The highest BCUT2D eigenvalue weighted by Gasteiger charge is 2.35. The van der Waals surface area contributed by atoms with E-state index in [4.69, 9.17) is 9.47 Å². The molecule has 0 N–H and O–H groups in total. The number of aryl methyl sites for hydroxylation is 3. The van der Waals surface area contributed by atoms with Crippen LogP contribution in [0, 0.1) is 20.8 Å². The van der Waals surface area contributed by atoms with Gasteiger partial charge in [0.2, 0.25) is 10.0 Å². The predicted octanol–water partition coefficient (Wildman–Crippen LogP) is 5.48. The molecule has 1 aliphatic heterocycles. The van der Waals surface area contributed by atoms with Gasteiger partial charge in [0.25, 0.3) is 0 Å². The summed E-state index contributed by atoms with van der Waals surface area (Å²) in [6.07, 6.45) is 1.56. The van der Waals surface area contributed by atoms with Crippen molar-refractivity contribution in [3.8, 4) is 11.5 Å². The number of benzene rings is 3. The van der Waals surface area contributed by atoms with Gasteiger partial charge in [0, 0.05) is 32.2 Å². The molecule has 0 bridgehead atoms. The monoisotopic (exact) mass is 522 g/mol. The average Bonchev–Trinajstić information content (AvgIpc) is 2.87. The average molecular weight is 523 g/mol. The Morgan fingerprint density at radius 3 is 2.05 bits per heavy atom. The fourth-order valence-electron chi connectivity index (χ4n) is 5.47. The SMILES string of the molecule is COc1ccc(CN(C2CCN(Cc3ccccc3)CC2)S(=O)(=O)c2c(C)cc(C)cc2C)cc1OC. The van der Waals surface area contributed by atoms with E-state index in [0.29, 0.717) is 16.4 Å². The molecule has 0 spiro atoms. The van der Waals surface area contributed by atoms with Gasteiger partial charge in [0.05, 0.1) is 19.1 Å². The molecule has 6 nitrogen and oxygen atoms in total. The number of hydrogen-bond donors (Lipinski definition) is 0. The summed E-state index contributed by atoms with van der Waals surface area (Å²) in [7, 11) is -0.553. The zero-order chi connectivity index (χ0) is 26.6. The minimum absolute atomic E-state index is 0.0924. The maximum absolute atomic E-state index is 14.3. The van der Waals surface area contributed by atoms with Crippen LogP contribution < -0.4 is 9.47 Å². The summed E-state index contributed by atoms with van der Waals surface area (Å²) in [5.41, 5.74) is 4.79. The van der Waals surface area contributed by atoms with Gasteiger partial charge in [-0.05, 0) is 68.0 Å².